The third kappa shape index (κ3) is 9.53. The van der Waals surface area contributed by atoms with Crippen molar-refractivity contribution in [3.63, 3.8) is 0 Å². The summed E-state index contributed by atoms with van der Waals surface area (Å²) in [5, 5.41) is 2.87. The van der Waals surface area contributed by atoms with E-state index >= 15 is 0 Å². The van der Waals surface area contributed by atoms with Crippen LogP contribution in [0.2, 0.25) is 0 Å². The van der Waals surface area contributed by atoms with Crippen molar-refractivity contribution in [2.45, 2.75) is 6.92 Å². The Morgan fingerprint density at radius 3 is 0.765 bits per heavy atom. The number of anilines is 7. The molecule has 1 N–H and O–H groups in total. The molecule has 1 amide bonds. The first-order valence-electron chi connectivity index (χ1n) is 22.9. The van der Waals surface area contributed by atoms with Gasteiger partial charge in [-0.05, 0) is 147 Å². The molecule has 4 nitrogen and oxygen atoms in total. The van der Waals surface area contributed by atoms with Crippen LogP contribution in [0.5, 0.6) is 0 Å². The van der Waals surface area contributed by atoms with Crippen LogP contribution < -0.4 is 15.1 Å². The van der Waals surface area contributed by atoms with Crippen molar-refractivity contribution in [3.8, 4) is 55.6 Å². The zero-order valence-corrected chi connectivity index (χ0v) is 37.8. The molecule has 0 bridgehead atoms. The van der Waals surface area contributed by atoms with Gasteiger partial charge in [0.15, 0.2) is 0 Å². The molecule has 10 rings (SSSR count). The third-order valence-corrected chi connectivity index (χ3v) is 12.3. The van der Waals surface area contributed by atoms with E-state index in [-0.39, 0.29) is 5.91 Å². The molecule has 4 heteroatoms. The first kappa shape index (κ1) is 42.9. The van der Waals surface area contributed by atoms with E-state index in [9.17, 15) is 4.79 Å². The van der Waals surface area contributed by atoms with Crippen LogP contribution in [0.3, 0.4) is 0 Å². The van der Waals surface area contributed by atoms with Crippen molar-refractivity contribution in [1.29, 1.82) is 0 Å². The van der Waals surface area contributed by atoms with Gasteiger partial charge in [-0.25, -0.2) is 0 Å². The van der Waals surface area contributed by atoms with Crippen LogP contribution in [0.15, 0.2) is 273 Å². The lowest BCUT2D eigenvalue weighted by atomic mass is 9.99. The topological polar surface area (TPSA) is 35.6 Å². The molecule has 0 fully saturated rings. The Bertz CT molecular complexity index is 3180. The summed E-state index contributed by atoms with van der Waals surface area (Å²) in [6.45, 7) is 5.42. The van der Waals surface area contributed by atoms with Crippen molar-refractivity contribution in [2.24, 2.45) is 0 Å². The van der Waals surface area contributed by atoms with Crippen LogP contribution >= 0.6 is 0 Å². The average molecular weight is 876 g/mol. The first-order chi connectivity index (χ1) is 33.4. The average Bonchev–Trinajstić information content (AvgIpc) is 3.41. The second kappa shape index (κ2) is 19.6. The molecule has 10 aromatic carbocycles. The number of amides is 1. The Kier molecular flexibility index (Phi) is 12.4. The zero-order chi connectivity index (χ0) is 46.2. The molecule has 0 aliphatic heterocycles. The fraction of sp³-hybridized carbons (Fsp3) is 0.0156. The lowest BCUT2D eigenvalue weighted by Gasteiger charge is -2.26. The van der Waals surface area contributed by atoms with Crippen molar-refractivity contribution < 1.29 is 4.79 Å². The Morgan fingerprint density at radius 1 is 0.294 bits per heavy atom. The normalized spacial score (nSPS) is 10.8. The number of para-hydroxylation sites is 1. The first-order valence-corrected chi connectivity index (χ1v) is 22.9. The third-order valence-electron chi connectivity index (χ3n) is 12.3. The van der Waals surface area contributed by atoms with Gasteiger partial charge in [0.1, 0.15) is 0 Å². The van der Waals surface area contributed by atoms with Gasteiger partial charge in [0.05, 0.1) is 0 Å². The van der Waals surface area contributed by atoms with Crippen LogP contribution in [0.1, 0.15) is 6.92 Å². The van der Waals surface area contributed by atoms with Gasteiger partial charge in [0.25, 0.3) is 5.91 Å². The van der Waals surface area contributed by atoms with Crippen LogP contribution in [0.25, 0.3) is 55.6 Å². The molecule has 0 unspecified atom stereocenters. The molecular weight excluding hydrogens is 827 g/mol. The smallest absolute Gasteiger partial charge is 0.250 e. The Hall–Kier alpha value is -8.99. The largest absolute Gasteiger partial charge is 0.322 e. The summed E-state index contributed by atoms with van der Waals surface area (Å²) in [5.74, 6) is -0.178. The van der Waals surface area contributed by atoms with Crippen LogP contribution in [-0.2, 0) is 4.79 Å². The number of carbonyl (C=O) groups is 1. The van der Waals surface area contributed by atoms with E-state index in [1.807, 2.05) is 24.3 Å². The van der Waals surface area contributed by atoms with E-state index in [1.165, 1.54) is 22.3 Å². The van der Waals surface area contributed by atoms with Gasteiger partial charge >= 0.3 is 0 Å². The second-order valence-corrected chi connectivity index (χ2v) is 16.9. The highest BCUT2D eigenvalue weighted by Gasteiger charge is 2.16. The molecule has 0 heterocycles. The number of nitrogens with one attached hydrogen (secondary N) is 1. The maximum atomic E-state index is 12.0. The van der Waals surface area contributed by atoms with Gasteiger partial charge in [-0.15, -0.1) is 0 Å². The molecule has 0 saturated carbocycles. The van der Waals surface area contributed by atoms with Crippen LogP contribution in [0.4, 0.5) is 39.8 Å². The molecule has 0 radical (unpaired) electrons. The van der Waals surface area contributed by atoms with Gasteiger partial charge in [-0.3, -0.25) is 4.79 Å². The van der Waals surface area contributed by atoms with Crippen molar-refractivity contribution in [1.82, 2.24) is 0 Å². The van der Waals surface area contributed by atoms with Gasteiger partial charge in [0, 0.05) is 45.4 Å². The Labute approximate surface area is 399 Å². The molecule has 0 aliphatic rings. The summed E-state index contributed by atoms with van der Waals surface area (Å²) >= 11 is 0. The van der Waals surface area contributed by atoms with Gasteiger partial charge < -0.3 is 15.1 Å². The highest BCUT2D eigenvalue weighted by molar-refractivity contribution is 6.03. The summed E-state index contributed by atoms with van der Waals surface area (Å²) in [5.41, 5.74) is 19.2. The maximum Gasteiger partial charge on any atom is 0.250 e. The second-order valence-electron chi connectivity index (χ2n) is 16.9. The highest BCUT2D eigenvalue weighted by Crippen LogP contribution is 2.40. The fourth-order valence-corrected chi connectivity index (χ4v) is 8.59. The minimum atomic E-state index is -0.178. The fourth-order valence-electron chi connectivity index (χ4n) is 8.59. The quantitative estimate of drug-likeness (QED) is 0.117. The molecule has 0 aromatic heterocycles. The standard InChI is InChI=1S/C64H49N3O/c1-46(2)64(68)65-57-34-22-51(23-35-57)49-18-20-50(21-19-49)54-28-40-59(41-29-54)66(58-16-10-5-11-17-58)60-42-30-55(31-43-60)56-32-44-63(45-33-56)67(61-36-24-52(25-37-61)47-12-6-3-7-13-47)62-38-26-53(27-39-62)48-14-8-4-9-15-48/h3-45H,1H2,2H3,(H,65,68). The molecule has 0 saturated heterocycles. The number of hydrogen-bond acceptors (Lipinski definition) is 3. The predicted octanol–water partition coefficient (Wildman–Crippen LogP) is 17.5. The highest BCUT2D eigenvalue weighted by atomic mass is 16.1. The number of carbonyl (C=O) groups excluding carboxylic acids is 1. The van der Waals surface area contributed by atoms with E-state index in [4.69, 9.17) is 0 Å². The molecule has 68 heavy (non-hydrogen) atoms. The Balaban J connectivity index is 0.887. The SMILES string of the molecule is C=C(C)C(=O)Nc1ccc(-c2ccc(-c3ccc(N(c4ccccc4)c4ccc(-c5ccc(N(c6ccc(-c7ccccc7)cc6)c6ccc(-c7ccccc7)cc6)cc5)cc4)cc3)cc2)cc1. The molecular formula is C64H49N3O. The van der Waals surface area contributed by atoms with E-state index in [0.29, 0.717) is 5.57 Å². The Morgan fingerprint density at radius 2 is 0.500 bits per heavy atom. The molecule has 0 aliphatic carbocycles. The minimum absolute atomic E-state index is 0.178. The van der Waals surface area contributed by atoms with Gasteiger partial charge in [-0.2, -0.15) is 0 Å². The lowest BCUT2D eigenvalue weighted by molar-refractivity contribution is -0.112. The molecule has 0 atom stereocenters. The summed E-state index contributed by atoms with van der Waals surface area (Å²) < 4.78 is 0. The summed E-state index contributed by atoms with van der Waals surface area (Å²) in [6, 6.07) is 92.2. The summed E-state index contributed by atoms with van der Waals surface area (Å²) in [6.07, 6.45) is 0. The van der Waals surface area contributed by atoms with E-state index in [0.717, 1.165) is 73.2 Å². The van der Waals surface area contributed by atoms with Crippen LogP contribution in [-0.4, -0.2) is 5.91 Å². The summed E-state index contributed by atoms with van der Waals surface area (Å²) in [7, 11) is 0. The number of nitrogens with zero attached hydrogens (tertiary/aromatic N) is 2. The van der Waals surface area contributed by atoms with Crippen LogP contribution in [0, 0.1) is 0 Å². The van der Waals surface area contributed by atoms with Crippen molar-refractivity contribution in [2.75, 3.05) is 15.1 Å². The summed E-state index contributed by atoms with van der Waals surface area (Å²) in [4.78, 5) is 16.7. The number of rotatable bonds is 13. The van der Waals surface area contributed by atoms with E-state index in [1.54, 1.807) is 6.92 Å². The molecule has 10 aromatic rings. The predicted molar refractivity (Wildman–Crippen MR) is 286 cm³/mol. The molecule has 0 spiro atoms. The van der Waals surface area contributed by atoms with Gasteiger partial charge in [0.2, 0.25) is 0 Å². The maximum absolute atomic E-state index is 12.0. The zero-order valence-electron chi connectivity index (χ0n) is 37.8. The molecule has 326 valence electrons. The minimum Gasteiger partial charge on any atom is -0.322 e. The monoisotopic (exact) mass is 875 g/mol. The van der Waals surface area contributed by atoms with E-state index in [2.05, 4.69) is 258 Å². The van der Waals surface area contributed by atoms with E-state index < -0.39 is 0 Å². The number of benzene rings is 10. The lowest BCUT2D eigenvalue weighted by Crippen LogP contribution is -2.11. The number of hydrogen-bond donors (Lipinski definition) is 1. The van der Waals surface area contributed by atoms with Crippen molar-refractivity contribution >= 4 is 45.7 Å². The van der Waals surface area contributed by atoms with Gasteiger partial charge in [-0.1, -0.05) is 183 Å². The van der Waals surface area contributed by atoms with Crippen molar-refractivity contribution in [3.05, 3.63) is 273 Å².